The van der Waals surface area contributed by atoms with E-state index in [2.05, 4.69) is 26.8 Å². The number of hydrogen-bond donors (Lipinski definition) is 2. The van der Waals surface area contributed by atoms with Crippen LogP contribution in [0.4, 0.5) is 5.69 Å². The molecule has 9 heteroatoms. The zero-order valence-corrected chi connectivity index (χ0v) is 14.8. The van der Waals surface area contributed by atoms with E-state index in [0.717, 1.165) is 0 Å². The van der Waals surface area contributed by atoms with E-state index in [4.69, 9.17) is 0 Å². The van der Waals surface area contributed by atoms with Gasteiger partial charge in [0.1, 0.15) is 0 Å². The molecular weight excluding hydrogens is 398 g/mol. The first-order chi connectivity index (χ1) is 11.4. The second kappa shape index (κ2) is 7.93. The van der Waals surface area contributed by atoms with Crippen molar-refractivity contribution in [2.45, 2.75) is 4.90 Å². The number of hydrogen-bond acceptors (Lipinski definition) is 5. The van der Waals surface area contributed by atoms with Crippen molar-refractivity contribution in [3.63, 3.8) is 0 Å². The predicted octanol–water partition coefficient (Wildman–Crippen LogP) is 3.15. The number of hydrazine groups is 1. The molecule has 2 rings (SSSR count). The predicted molar refractivity (Wildman–Crippen MR) is 94.0 cm³/mol. The first-order valence-electron chi connectivity index (χ1n) is 6.61. The average Bonchev–Trinajstić information content (AvgIpc) is 2.59. The lowest BCUT2D eigenvalue weighted by molar-refractivity contribution is -0.387. The summed E-state index contributed by atoms with van der Waals surface area (Å²) in [6.07, 6.45) is 1.71. The number of halogens is 1. The Morgan fingerprint density at radius 2 is 1.79 bits per heavy atom. The van der Waals surface area contributed by atoms with Crippen LogP contribution in [0.1, 0.15) is 20.7 Å². The lowest BCUT2D eigenvalue weighted by atomic mass is 10.2. The summed E-state index contributed by atoms with van der Waals surface area (Å²) in [5, 5.41) is 11.0. The van der Waals surface area contributed by atoms with Gasteiger partial charge < -0.3 is 0 Å². The standard InChI is InChI=1S/C15H12BrN3O4S/c1-24-13-7-6-9(8-12(13)19(22)23)14(20)17-18-15(21)10-4-2-3-5-11(10)16/h2-8H,1H3,(H,17,20)(H,18,21). The minimum Gasteiger partial charge on any atom is -0.267 e. The van der Waals surface area contributed by atoms with Gasteiger partial charge in [-0.15, -0.1) is 11.8 Å². The molecule has 0 heterocycles. The van der Waals surface area contributed by atoms with E-state index in [1.807, 2.05) is 0 Å². The molecule has 0 saturated heterocycles. The van der Waals surface area contributed by atoms with Gasteiger partial charge in [0.25, 0.3) is 17.5 Å². The molecule has 0 bridgehead atoms. The minimum atomic E-state index is -0.647. The van der Waals surface area contributed by atoms with Gasteiger partial charge in [-0.05, 0) is 46.5 Å². The summed E-state index contributed by atoms with van der Waals surface area (Å²) < 4.78 is 0.580. The second-order valence-electron chi connectivity index (χ2n) is 4.53. The highest BCUT2D eigenvalue weighted by atomic mass is 79.9. The van der Waals surface area contributed by atoms with Gasteiger partial charge in [-0.3, -0.25) is 30.6 Å². The van der Waals surface area contributed by atoms with Crippen LogP contribution in [0.3, 0.4) is 0 Å². The molecule has 0 atom stereocenters. The maximum Gasteiger partial charge on any atom is 0.283 e. The monoisotopic (exact) mass is 409 g/mol. The summed E-state index contributed by atoms with van der Waals surface area (Å²) in [6, 6.07) is 10.8. The molecule has 0 saturated carbocycles. The van der Waals surface area contributed by atoms with Crippen molar-refractivity contribution in [2.75, 3.05) is 6.26 Å². The molecule has 2 aromatic rings. The third-order valence-electron chi connectivity index (χ3n) is 3.05. The molecule has 0 aliphatic heterocycles. The second-order valence-corrected chi connectivity index (χ2v) is 6.23. The quantitative estimate of drug-likeness (QED) is 0.458. The van der Waals surface area contributed by atoms with Gasteiger partial charge in [0.2, 0.25) is 0 Å². The number of nitro groups is 1. The first kappa shape index (κ1) is 18.0. The van der Waals surface area contributed by atoms with Crippen molar-refractivity contribution in [3.8, 4) is 0 Å². The van der Waals surface area contributed by atoms with Gasteiger partial charge >= 0.3 is 0 Å². The number of nitrogens with one attached hydrogen (secondary N) is 2. The van der Waals surface area contributed by atoms with Crippen molar-refractivity contribution < 1.29 is 14.5 Å². The maximum absolute atomic E-state index is 12.1. The molecule has 0 unspecified atom stereocenters. The number of amides is 2. The summed E-state index contributed by atoms with van der Waals surface area (Å²) >= 11 is 4.45. The van der Waals surface area contributed by atoms with Crippen LogP contribution >= 0.6 is 27.7 Å². The highest BCUT2D eigenvalue weighted by Gasteiger charge is 2.17. The van der Waals surface area contributed by atoms with E-state index >= 15 is 0 Å². The van der Waals surface area contributed by atoms with Crippen molar-refractivity contribution in [1.82, 2.24) is 10.9 Å². The van der Waals surface area contributed by atoms with E-state index in [9.17, 15) is 19.7 Å². The topological polar surface area (TPSA) is 101 Å². The molecule has 2 aromatic carbocycles. The van der Waals surface area contributed by atoms with Crippen LogP contribution in [0.15, 0.2) is 51.8 Å². The fourth-order valence-corrected chi connectivity index (χ4v) is 2.88. The summed E-state index contributed by atoms with van der Waals surface area (Å²) in [4.78, 5) is 35.0. The number of nitro benzene ring substituents is 1. The number of rotatable bonds is 4. The number of benzene rings is 2. The number of carbonyl (C=O) groups excluding carboxylic acids is 2. The highest BCUT2D eigenvalue weighted by molar-refractivity contribution is 9.10. The molecule has 0 aliphatic rings. The van der Waals surface area contributed by atoms with Crippen molar-refractivity contribution in [3.05, 3.63) is 68.2 Å². The summed E-state index contributed by atoms with van der Waals surface area (Å²) in [6.45, 7) is 0. The van der Waals surface area contributed by atoms with Crippen molar-refractivity contribution >= 4 is 45.2 Å². The molecule has 0 aromatic heterocycles. The normalized spacial score (nSPS) is 10.1. The van der Waals surface area contributed by atoms with Crippen LogP contribution in [-0.4, -0.2) is 23.0 Å². The minimum absolute atomic E-state index is 0.0759. The van der Waals surface area contributed by atoms with Crippen LogP contribution in [0.5, 0.6) is 0 Å². The number of nitrogens with zero attached hydrogens (tertiary/aromatic N) is 1. The molecule has 0 fully saturated rings. The molecule has 2 amide bonds. The van der Waals surface area contributed by atoms with Crippen LogP contribution < -0.4 is 10.9 Å². The van der Waals surface area contributed by atoms with Gasteiger partial charge in [-0.2, -0.15) is 0 Å². The van der Waals surface area contributed by atoms with Crippen LogP contribution in [0.2, 0.25) is 0 Å². The fourth-order valence-electron chi connectivity index (χ4n) is 1.87. The Kier molecular flexibility index (Phi) is 5.93. The molecular formula is C15H12BrN3O4S. The van der Waals surface area contributed by atoms with E-state index in [-0.39, 0.29) is 11.3 Å². The number of carbonyl (C=O) groups is 2. The van der Waals surface area contributed by atoms with Gasteiger partial charge in [0.15, 0.2) is 0 Å². The fraction of sp³-hybridized carbons (Fsp3) is 0.0667. The Morgan fingerprint density at radius 3 is 2.42 bits per heavy atom. The Hall–Kier alpha value is -2.39. The van der Waals surface area contributed by atoms with Crippen LogP contribution in [0.25, 0.3) is 0 Å². The van der Waals surface area contributed by atoms with E-state index in [1.165, 1.54) is 30.0 Å². The molecule has 24 heavy (non-hydrogen) atoms. The van der Waals surface area contributed by atoms with Gasteiger partial charge in [-0.1, -0.05) is 12.1 Å². The molecule has 0 aliphatic carbocycles. The Morgan fingerprint density at radius 1 is 1.12 bits per heavy atom. The molecule has 2 N–H and O–H groups in total. The summed E-state index contributed by atoms with van der Waals surface area (Å²) in [7, 11) is 0. The molecule has 0 spiro atoms. The molecule has 0 radical (unpaired) electrons. The Bertz CT molecular complexity index is 813. The third kappa shape index (κ3) is 4.12. The Labute approximate surface area is 150 Å². The lowest BCUT2D eigenvalue weighted by Crippen LogP contribution is -2.41. The largest absolute Gasteiger partial charge is 0.283 e. The van der Waals surface area contributed by atoms with E-state index in [1.54, 1.807) is 30.5 Å². The van der Waals surface area contributed by atoms with Gasteiger partial charge in [0.05, 0.1) is 15.4 Å². The SMILES string of the molecule is CSc1ccc(C(=O)NNC(=O)c2ccccc2Br)cc1[N+](=O)[O-]. The zero-order valence-electron chi connectivity index (χ0n) is 12.4. The lowest BCUT2D eigenvalue weighted by Gasteiger charge is -2.09. The first-order valence-corrected chi connectivity index (χ1v) is 8.63. The third-order valence-corrected chi connectivity index (χ3v) is 4.52. The van der Waals surface area contributed by atoms with Gasteiger partial charge in [0, 0.05) is 16.1 Å². The van der Waals surface area contributed by atoms with E-state index < -0.39 is 16.7 Å². The Balaban J connectivity index is 2.10. The maximum atomic E-state index is 12.1. The molecule has 7 nitrogen and oxygen atoms in total. The smallest absolute Gasteiger partial charge is 0.267 e. The van der Waals surface area contributed by atoms with Crippen molar-refractivity contribution in [2.24, 2.45) is 0 Å². The van der Waals surface area contributed by atoms with Crippen LogP contribution in [-0.2, 0) is 0 Å². The summed E-state index contributed by atoms with van der Waals surface area (Å²) in [5.74, 6) is -1.16. The van der Waals surface area contributed by atoms with Crippen LogP contribution in [0, 0.1) is 10.1 Å². The van der Waals surface area contributed by atoms with Crippen molar-refractivity contribution in [1.29, 1.82) is 0 Å². The number of thioether (sulfide) groups is 1. The highest BCUT2D eigenvalue weighted by Crippen LogP contribution is 2.28. The van der Waals surface area contributed by atoms with E-state index in [0.29, 0.717) is 14.9 Å². The van der Waals surface area contributed by atoms with Gasteiger partial charge in [-0.25, -0.2) is 0 Å². The average molecular weight is 410 g/mol. The summed E-state index contributed by atoms with van der Waals surface area (Å²) in [5.41, 5.74) is 4.78. The zero-order chi connectivity index (χ0) is 17.7. The molecule has 124 valence electrons.